The Morgan fingerprint density at radius 1 is 0.714 bits per heavy atom. The van der Waals surface area contributed by atoms with Gasteiger partial charge in [-0.3, -0.25) is 4.79 Å². The largest absolute Gasteiger partial charge is 0.460 e. The maximum absolute atomic E-state index is 12.5. The zero-order valence-electron chi connectivity index (χ0n) is 25.4. The maximum atomic E-state index is 12.5. The number of aliphatic hydroxyl groups is 7. The van der Waals surface area contributed by atoms with Crippen LogP contribution < -0.4 is 0 Å². The molecule has 2 heterocycles. The highest BCUT2D eigenvalue weighted by molar-refractivity contribution is 5.69. The summed E-state index contributed by atoms with van der Waals surface area (Å²) in [7, 11) is 0. The van der Waals surface area contributed by atoms with Crippen LogP contribution in [0.4, 0.5) is 0 Å². The normalized spacial score (nSPS) is 33.4. The van der Waals surface area contributed by atoms with Gasteiger partial charge in [0.1, 0.15) is 49.3 Å². The molecule has 12 nitrogen and oxygen atoms in total. The summed E-state index contributed by atoms with van der Waals surface area (Å²) in [6.45, 7) is 2.44. The minimum absolute atomic E-state index is 0.120. The van der Waals surface area contributed by atoms with Gasteiger partial charge in [-0.1, -0.05) is 90.9 Å². The van der Waals surface area contributed by atoms with Crippen molar-refractivity contribution < 1.29 is 59.5 Å². The van der Waals surface area contributed by atoms with Crippen LogP contribution in [0.3, 0.4) is 0 Å². The summed E-state index contributed by atoms with van der Waals surface area (Å²) in [5, 5.41) is 70.4. The first-order valence-corrected chi connectivity index (χ1v) is 15.8. The fourth-order valence-corrected chi connectivity index (χ4v) is 5.46. The van der Waals surface area contributed by atoms with E-state index in [4.69, 9.17) is 18.9 Å². The van der Waals surface area contributed by atoms with E-state index in [1.54, 1.807) is 0 Å². The highest BCUT2D eigenvalue weighted by Gasteiger charge is 2.59. The van der Waals surface area contributed by atoms with Gasteiger partial charge in [0.25, 0.3) is 0 Å². The van der Waals surface area contributed by atoms with Gasteiger partial charge in [-0.15, -0.1) is 0 Å². The molecule has 7 N–H and O–H groups in total. The third-order valence-corrected chi connectivity index (χ3v) is 8.20. The minimum atomic E-state index is -2.25. The van der Waals surface area contributed by atoms with Crippen LogP contribution in [0.25, 0.3) is 0 Å². The van der Waals surface area contributed by atoms with Crippen molar-refractivity contribution in [3.05, 3.63) is 0 Å². The number of ether oxygens (including phenoxy) is 4. The number of rotatable bonds is 21. The summed E-state index contributed by atoms with van der Waals surface area (Å²) in [6.07, 6.45) is 2.36. The van der Waals surface area contributed by atoms with E-state index in [0.29, 0.717) is 6.42 Å². The van der Waals surface area contributed by atoms with E-state index in [9.17, 15) is 40.5 Å². The number of hydrogen-bond acceptors (Lipinski definition) is 12. The van der Waals surface area contributed by atoms with Gasteiger partial charge in [-0.25, -0.2) is 0 Å². The molecule has 0 unspecified atom stereocenters. The van der Waals surface area contributed by atoms with E-state index in [1.807, 2.05) is 0 Å². The molecule has 248 valence electrons. The molecule has 0 aromatic rings. The molecule has 42 heavy (non-hydrogen) atoms. The van der Waals surface area contributed by atoms with Crippen molar-refractivity contribution in [2.24, 2.45) is 5.92 Å². The number of esters is 1. The van der Waals surface area contributed by atoms with Crippen LogP contribution >= 0.6 is 0 Å². The van der Waals surface area contributed by atoms with E-state index in [1.165, 1.54) is 57.8 Å². The van der Waals surface area contributed by atoms with Gasteiger partial charge in [0, 0.05) is 6.42 Å². The fourth-order valence-electron chi connectivity index (χ4n) is 5.46. The van der Waals surface area contributed by atoms with Gasteiger partial charge in [-0.05, 0) is 12.3 Å². The lowest BCUT2D eigenvalue weighted by Crippen LogP contribution is -2.62. The Morgan fingerprint density at radius 3 is 1.74 bits per heavy atom. The van der Waals surface area contributed by atoms with E-state index in [-0.39, 0.29) is 6.42 Å². The SMILES string of the molecule is CC(C)CCCCCCCCCCCCCCC(=O)OC[C@@]1(O[C@H]2O[C@H](CO)[C@@H](O)[C@H](O)[C@H]2O)O[C@H](CO)[C@@H](O)[C@@H]1O. The molecule has 2 fully saturated rings. The zero-order chi connectivity index (χ0) is 31.1. The van der Waals surface area contributed by atoms with E-state index >= 15 is 0 Å². The summed E-state index contributed by atoms with van der Waals surface area (Å²) in [5.74, 6) is -2.03. The molecule has 0 aliphatic carbocycles. The molecule has 0 aromatic heterocycles. The molecule has 2 saturated heterocycles. The predicted octanol–water partition coefficient (Wildman–Crippen LogP) is 1.27. The van der Waals surface area contributed by atoms with Crippen LogP contribution in [-0.4, -0.2) is 116 Å². The van der Waals surface area contributed by atoms with Crippen LogP contribution in [0.2, 0.25) is 0 Å². The van der Waals surface area contributed by atoms with Gasteiger partial charge in [-0.2, -0.15) is 0 Å². The van der Waals surface area contributed by atoms with Gasteiger partial charge in [0.15, 0.2) is 6.29 Å². The molecule has 12 heteroatoms. The number of carbonyl (C=O) groups excluding carboxylic acids is 1. The summed E-state index contributed by atoms with van der Waals surface area (Å²) in [5.41, 5.74) is 0. The standard InChI is InChI=1S/C30H56O12/c1-20(2)15-13-11-9-7-5-3-4-6-8-10-12-14-16-23(33)39-19-30(28(38)25(35)22(18-32)41-30)42-29-27(37)26(36)24(34)21(17-31)40-29/h20-22,24-29,31-32,34-38H,3-19H2,1-2H3/t21-,22-,24-,25-,26+,27-,28+,29-,30+/m1/s1. The first-order chi connectivity index (χ1) is 20.1. The van der Waals surface area contributed by atoms with Crippen LogP contribution in [0, 0.1) is 5.92 Å². The summed E-state index contributed by atoms with van der Waals surface area (Å²) in [4.78, 5) is 12.5. The second-order valence-electron chi connectivity index (χ2n) is 12.2. The monoisotopic (exact) mass is 608 g/mol. The fraction of sp³-hybridized carbons (Fsp3) is 0.967. The van der Waals surface area contributed by atoms with Gasteiger partial charge in [0.05, 0.1) is 13.2 Å². The molecule has 0 bridgehead atoms. The Labute approximate surface area is 249 Å². The molecular formula is C30H56O12. The molecule has 0 amide bonds. The van der Waals surface area contributed by atoms with Gasteiger partial charge >= 0.3 is 5.97 Å². The highest BCUT2D eigenvalue weighted by atomic mass is 16.8. The van der Waals surface area contributed by atoms with E-state index < -0.39 is 80.6 Å². The lowest BCUT2D eigenvalue weighted by molar-refractivity contribution is -0.383. The van der Waals surface area contributed by atoms with Crippen molar-refractivity contribution >= 4 is 5.97 Å². The number of unbranched alkanes of at least 4 members (excludes halogenated alkanes) is 11. The Morgan fingerprint density at radius 2 is 1.24 bits per heavy atom. The molecule has 9 atom stereocenters. The molecular weight excluding hydrogens is 552 g/mol. The number of hydrogen-bond donors (Lipinski definition) is 7. The number of aliphatic hydroxyl groups excluding tert-OH is 7. The lowest BCUT2D eigenvalue weighted by Gasteiger charge is -2.43. The highest BCUT2D eigenvalue weighted by Crippen LogP contribution is 2.36. The Balaban J connectivity index is 1.70. The zero-order valence-corrected chi connectivity index (χ0v) is 25.4. The van der Waals surface area contributed by atoms with Crippen molar-refractivity contribution in [1.82, 2.24) is 0 Å². The third-order valence-electron chi connectivity index (χ3n) is 8.20. The first kappa shape index (κ1) is 37.3. The molecule has 0 spiro atoms. The van der Waals surface area contributed by atoms with E-state index in [0.717, 1.165) is 25.2 Å². The average molecular weight is 609 g/mol. The molecule has 2 aliphatic rings. The average Bonchev–Trinajstić information content (AvgIpc) is 3.21. The molecule has 0 aromatic carbocycles. The lowest BCUT2D eigenvalue weighted by atomic mass is 9.99. The summed E-state index contributed by atoms with van der Waals surface area (Å²) in [6, 6.07) is 0. The van der Waals surface area contributed by atoms with Gasteiger partial charge in [0.2, 0.25) is 5.79 Å². The number of carbonyl (C=O) groups is 1. The summed E-state index contributed by atoms with van der Waals surface area (Å²) < 4.78 is 21.8. The van der Waals surface area contributed by atoms with Crippen molar-refractivity contribution in [3.8, 4) is 0 Å². The quantitative estimate of drug-likeness (QED) is 0.0729. The van der Waals surface area contributed by atoms with Crippen LogP contribution in [-0.2, 0) is 23.7 Å². The Kier molecular flexibility index (Phi) is 17.3. The topological polar surface area (TPSA) is 196 Å². The van der Waals surface area contributed by atoms with Gasteiger partial charge < -0.3 is 54.7 Å². The van der Waals surface area contributed by atoms with E-state index in [2.05, 4.69) is 13.8 Å². The second kappa shape index (κ2) is 19.5. The molecule has 0 saturated carbocycles. The van der Waals surface area contributed by atoms with Crippen molar-refractivity contribution in [1.29, 1.82) is 0 Å². The maximum Gasteiger partial charge on any atom is 0.305 e. The van der Waals surface area contributed by atoms with Crippen molar-refractivity contribution in [2.75, 3.05) is 19.8 Å². The van der Waals surface area contributed by atoms with Crippen LogP contribution in [0.1, 0.15) is 104 Å². The second-order valence-corrected chi connectivity index (χ2v) is 12.2. The third kappa shape index (κ3) is 11.5. The van der Waals surface area contributed by atoms with Crippen LogP contribution in [0.15, 0.2) is 0 Å². The Hall–Kier alpha value is -0.930. The first-order valence-electron chi connectivity index (χ1n) is 15.8. The van der Waals surface area contributed by atoms with Crippen molar-refractivity contribution in [3.63, 3.8) is 0 Å². The molecule has 2 rings (SSSR count). The van der Waals surface area contributed by atoms with Crippen molar-refractivity contribution in [2.45, 2.75) is 159 Å². The minimum Gasteiger partial charge on any atom is -0.460 e. The summed E-state index contributed by atoms with van der Waals surface area (Å²) >= 11 is 0. The predicted molar refractivity (Wildman–Crippen MR) is 152 cm³/mol. The smallest absolute Gasteiger partial charge is 0.305 e. The van der Waals surface area contributed by atoms with Crippen LogP contribution in [0.5, 0.6) is 0 Å². The Bertz CT molecular complexity index is 737. The molecule has 2 aliphatic heterocycles. The molecule has 0 radical (unpaired) electrons.